The second-order valence-corrected chi connectivity index (χ2v) is 17.4. The van der Waals surface area contributed by atoms with Crippen molar-refractivity contribution in [3.05, 3.63) is 189 Å². The predicted molar refractivity (Wildman–Crippen MR) is 204 cm³/mol. The van der Waals surface area contributed by atoms with E-state index in [1.165, 1.54) is 76.4 Å². The molecule has 0 unspecified atom stereocenters. The van der Waals surface area contributed by atoms with Crippen LogP contribution in [0.3, 0.4) is 0 Å². The van der Waals surface area contributed by atoms with Crippen LogP contribution in [0, 0.1) is 0 Å². The van der Waals surface area contributed by atoms with E-state index in [0.29, 0.717) is 0 Å². The molecule has 6 aromatic rings. The van der Waals surface area contributed by atoms with Crippen LogP contribution in [0.25, 0.3) is 32.6 Å². The number of halogens is 2. The molecule has 0 aliphatic heterocycles. The van der Waals surface area contributed by atoms with Crippen molar-refractivity contribution in [3.63, 3.8) is 0 Å². The summed E-state index contributed by atoms with van der Waals surface area (Å²) < 4.78 is 0. The lowest BCUT2D eigenvalue weighted by atomic mass is 9.97. The minimum absolute atomic E-state index is 0.748. The van der Waals surface area contributed by atoms with Crippen molar-refractivity contribution in [1.82, 2.24) is 0 Å². The van der Waals surface area contributed by atoms with E-state index >= 15 is 0 Å². The summed E-state index contributed by atoms with van der Waals surface area (Å²) in [5, 5.41) is 7.14. The first-order valence-electron chi connectivity index (χ1n) is 16.2. The molecule has 6 aromatic carbocycles. The van der Waals surface area contributed by atoms with Gasteiger partial charge in [-0.15, -0.1) is 0 Å². The zero-order valence-electron chi connectivity index (χ0n) is 26.5. The van der Waals surface area contributed by atoms with E-state index in [-0.39, 0.29) is 0 Å². The summed E-state index contributed by atoms with van der Waals surface area (Å²) in [5.41, 5.74) is 13.5. The minimum Gasteiger partial charge on any atom is -0.0843 e. The Morgan fingerprint density at radius 3 is 1.19 bits per heavy atom. The van der Waals surface area contributed by atoms with Crippen molar-refractivity contribution in [2.24, 2.45) is 0 Å². The van der Waals surface area contributed by atoms with Crippen molar-refractivity contribution >= 4 is 52.0 Å². The molecule has 0 heterocycles. The van der Waals surface area contributed by atoms with E-state index in [0.717, 1.165) is 22.9 Å². The number of allylic oxidation sites excluding steroid dienone is 2. The van der Waals surface area contributed by atoms with E-state index in [9.17, 15) is 0 Å². The van der Waals surface area contributed by atoms with Crippen molar-refractivity contribution in [2.75, 3.05) is 0 Å². The molecule has 0 atom stereocenters. The molecule has 0 nitrogen and oxygen atoms in total. The Morgan fingerprint density at radius 2 is 0.809 bits per heavy atom. The SMILES string of the molecule is CC1=C([Si](C2=C(C)Cc3cccc(-c4ccccc4)c32)(c2ccc(Cl)cc2)c2ccc(Cl)cc2)c2c(cccc2-c2ccccc2)C1. The Balaban J connectivity index is 1.55. The molecule has 0 bridgehead atoms. The zero-order valence-corrected chi connectivity index (χ0v) is 29.0. The van der Waals surface area contributed by atoms with Gasteiger partial charge in [-0.05, 0) is 116 Å². The Bertz CT molecular complexity index is 2030. The molecular formula is C44H34Cl2Si. The van der Waals surface area contributed by atoms with Gasteiger partial charge in [-0.2, -0.15) is 0 Å². The Labute approximate surface area is 288 Å². The Kier molecular flexibility index (Phi) is 7.65. The monoisotopic (exact) mass is 660 g/mol. The second-order valence-electron chi connectivity index (χ2n) is 12.8. The van der Waals surface area contributed by atoms with E-state index in [1.807, 2.05) is 0 Å². The third kappa shape index (κ3) is 4.88. The number of hydrogen-bond acceptors (Lipinski definition) is 0. The summed E-state index contributed by atoms with van der Waals surface area (Å²) in [5.74, 6) is 0. The van der Waals surface area contributed by atoms with Crippen LogP contribution in [0.1, 0.15) is 36.1 Å². The minimum atomic E-state index is -3.04. The van der Waals surface area contributed by atoms with Crippen LogP contribution in [0.4, 0.5) is 0 Å². The number of fused-ring (bicyclic) bond motifs is 2. The highest BCUT2D eigenvalue weighted by Crippen LogP contribution is 2.52. The topological polar surface area (TPSA) is 0 Å². The highest BCUT2D eigenvalue weighted by molar-refractivity contribution is 7.26. The fourth-order valence-corrected chi connectivity index (χ4v) is 14.4. The van der Waals surface area contributed by atoms with E-state index in [2.05, 4.69) is 159 Å². The van der Waals surface area contributed by atoms with Gasteiger partial charge in [0.15, 0.2) is 8.07 Å². The molecule has 8 rings (SSSR count). The molecule has 2 aliphatic carbocycles. The average molecular weight is 662 g/mol. The summed E-state index contributed by atoms with van der Waals surface area (Å²) >= 11 is 13.3. The number of benzene rings is 6. The van der Waals surface area contributed by atoms with Gasteiger partial charge in [-0.1, -0.05) is 156 Å². The smallest absolute Gasteiger partial charge is 0.0843 e. The van der Waals surface area contributed by atoms with Gasteiger partial charge in [0.05, 0.1) is 0 Å². The van der Waals surface area contributed by atoms with Crippen molar-refractivity contribution < 1.29 is 0 Å². The molecule has 0 fully saturated rings. The van der Waals surface area contributed by atoms with Crippen molar-refractivity contribution in [1.29, 1.82) is 0 Å². The molecule has 3 heteroatoms. The van der Waals surface area contributed by atoms with E-state index < -0.39 is 8.07 Å². The normalized spacial score (nSPS) is 14.0. The highest BCUT2D eigenvalue weighted by atomic mass is 35.5. The average Bonchev–Trinajstić information content (AvgIpc) is 3.63. The Morgan fingerprint density at radius 1 is 0.426 bits per heavy atom. The third-order valence-electron chi connectivity index (χ3n) is 10.0. The summed E-state index contributed by atoms with van der Waals surface area (Å²) in [6, 6.07) is 53.1. The number of rotatable bonds is 6. The summed E-state index contributed by atoms with van der Waals surface area (Å²) in [6.07, 6.45) is 1.86. The van der Waals surface area contributed by atoms with Gasteiger partial charge in [0.25, 0.3) is 0 Å². The van der Waals surface area contributed by atoms with Crippen LogP contribution in [0.5, 0.6) is 0 Å². The van der Waals surface area contributed by atoms with Gasteiger partial charge < -0.3 is 0 Å². The van der Waals surface area contributed by atoms with Crippen LogP contribution in [-0.2, 0) is 12.8 Å². The van der Waals surface area contributed by atoms with Gasteiger partial charge in [-0.3, -0.25) is 0 Å². The molecule has 0 saturated heterocycles. The first kappa shape index (κ1) is 30.0. The highest BCUT2D eigenvalue weighted by Gasteiger charge is 2.51. The molecule has 2 aliphatic rings. The van der Waals surface area contributed by atoms with Crippen LogP contribution in [0.2, 0.25) is 10.0 Å². The van der Waals surface area contributed by atoms with Crippen LogP contribution < -0.4 is 10.4 Å². The maximum Gasteiger partial charge on any atom is 0.180 e. The van der Waals surface area contributed by atoms with Gasteiger partial charge in [0, 0.05) is 10.0 Å². The van der Waals surface area contributed by atoms with Gasteiger partial charge in [0.1, 0.15) is 0 Å². The molecule has 0 N–H and O–H groups in total. The molecule has 228 valence electrons. The maximum atomic E-state index is 6.65. The lowest BCUT2D eigenvalue weighted by molar-refractivity contribution is 1.19. The summed E-state index contributed by atoms with van der Waals surface area (Å²) in [6.45, 7) is 4.74. The summed E-state index contributed by atoms with van der Waals surface area (Å²) in [4.78, 5) is 0. The first-order chi connectivity index (χ1) is 23.0. The van der Waals surface area contributed by atoms with Crippen LogP contribution >= 0.6 is 23.2 Å². The standard InChI is InChI=1S/C44H34Cl2Si/c1-29-27-33-15-9-17-39(31-11-5-3-6-12-31)41(33)43(29)47(37-23-19-35(45)20-24-37,38-25-21-36(46)22-26-38)44-30(2)28-34-16-10-18-40(42(34)44)32-13-7-4-8-14-32/h3-26H,27-28H2,1-2H3. The molecule has 0 radical (unpaired) electrons. The molecule has 0 aromatic heterocycles. The van der Waals surface area contributed by atoms with E-state index in [4.69, 9.17) is 23.2 Å². The molecule has 0 amide bonds. The summed E-state index contributed by atoms with van der Waals surface area (Å²) in [7, 11) is -3.04. The fraction of sp³-hybridized carbons (Fsp3) is 0.0909. The quantitative estimate of drug-likeness (QED) is 0.156. The third-order valence-corrected chi connectivity index (χ3v) is 15.8. The van der Waals surface area contributed by atoms with Crippen LogP contribution in [-0.4, -0.2) is 8.07 Å². The lowest BCUT2D eigenvalue weighted by Crippen LogP contribution is -2.61. The van der Waals surface area contributed by atoms with Gasteiger partial charge in [-0.25, -0.2) is 0 Å². The second kappa shape index (κ2) is 12.0. The molecule has 0 saturated carbocycles. The van der Waals surface area contributed by atoms with E-state index in [1.54, 1.807) is 0 Å². The molecule has 0 spiro atoms. The predicted octanol–water partition coefficient (Wildman–Crippen LogP) is 11.0. The fourth-order valence-electron chi connectivity index (χ4n) is 8.26. The Hall–Kier alpha value is -4.40. The van der Waals surface area contributed by atoms with Gasteiger partial charge >= 0.3 is 0 Å². The number of hydrogen-bond donors (Lipinski definition) is 0. The lowest BCUT2D eigenvalue weighted by Gasteiger charge is -2.40. The van der Waals surface area contributed by atoms with Crippen molar-refractivity contribution in [3.8, 4) is 22.3 Å². The largest absolute Gasteiger partial charge is 0.180 e. The molecule has 47 heavy (non-hydrogen) atoms. The van der Waals surface area contributed by atoms with Crippen molar-refractivity contribution in [2.45, 2.75) is 26.7 Å². The van der Waals surface area contributed by atoms with Crippen LogP contribution in [0.15, 0.2) is 157 Å². The molecular weight excluding hydrogens is 627 g/mol. The first-order valence-corrected chi connectivity index (χ1v) is 19.0. The van der Waals surface area contributed by atoms with Gasteiger partial charge in [0.2, 0.25) is 0 Å². The zero-order chi connectivity index (χ0) is 32.1. The maximum absolute atomic E-state index is 6.65.